The molecule has 30 heavy (non-hydrogen) atoms. The van der Waals surface area contributed by atoms with Crippen LogP contribution in [0.5, 0.6) is 11.8 Å². The molecule has 0 unspecified atom stereocenters. The summed E-state index contributed by atoms with van der Waals surface area (Å²) in [5.74, 6) is 2.07. The second-order valence-electron chi connectivity index (χ2n) is 7.24. The smallest absolute Gasteiger partial charge is 0.322 e. The molecule has 150 valence electrons. The van der Waals surface area contributed by atoms with E-state index in [0.29, 0.717) is 17.6 Å². The topological polar surface area (TPSA) is 72.8 Å². The van der Waals surface area contributed by atoms with Crippen LogP contribution in [-0.4, -0.2) is 19.9 Å². The third-order valence-electron chi connectivity index (χ3n) is 4.46. The number of nitrogens with one attached hydrogen (secondary N) is 1. The van der Waals surface area contributed by atoms with Crippen LogP contribution in [0.15, 0.2) is 60.7 Å². The Kier molecular flexibility index (Phi) is 5.39. The molecule has 0 spiro atoms. The van der Waals surface area contributed by atoms with E-state index in [0.717, 1.165) is 34.2 Å². The lowest BCUT2D eigenvalue weighted by molar-refractivity contribution is 0.439. The standard InChI is InChI=1S/C24H23N5O/c1-15-8-10-19(11-9-15)22-14-23(28-18(4)27-22)29-20-6-5-7-21(13-20)30-24-25-16(2)12-17(3)26-24/h5-14H,1-4H3,(H,27,28,29). The summed E-state index contributed by atoms with van der Waals surface area (Å²) in [5, 5.41) is 3.34. The van der Waals surface area contributed by atoms with E-state index in [1.807, 2.05) is 57.2 Å². The maximum absolute atomic E-state index is 5.85. The molecule has 6 heteroatoms. The molecule has 0 fully saturated rings. The SMILES string of the molecule is Cc1ccc(-c2cc(Nc3cccc(Oc4nc(C)cc(C)n4)c3)nc(C)n2)cc1. The molecule has 4 aromatic rings. The van der Waals surface area contributed by atoms with Gasteiger partial charge in [0.2, 0.25) is 0 Å². The summed E-state index contributed by atoms with van der Waals surface area (Å²) in [6.45, 7) is 7.80. The Hall–Kier alpha value is -3.80. The van der Waals surface area contributed by atoms with Crippen molar-refractivity contribution < 1.29 is 4.74 Å². The highest BCUT2D eigenvalue weighted by atomic mass is 16.5. The fourth-order valence-corrected chi connectivity index (χ4v) is 3.13. The molecule has 0 saturated heterocycles. The number of aryl methyl sites for hydroxylation is 4. The van der Waals surface area contributed by atoms with E-state index >= 15 is 0 Å². The third kappa shape index (κ3) is 4.78. The maximum atomic E-state index is 5.85. The average Bonchev–Trinajstić information content (AvgIpc) is 2.67. The first-order valence-corrected chi connectivity index (χ1v) is 9.74. The lowest BCUT2D eigenvalue weighted by Crippen LogP contribution is -2.00. The Morgan fingerprint density at radius 2 is 1.47 bits per heavy atom. The number of aromatic nitrogens is 4. The fraction of sp³-hybridized carbons (Fsp3) is 0.167. The van der Waals surface area contributed by atoms with Crippen LogP contribution in [0, 0.1) is 27.7 Å². The van der Waals surface area contributed by atoms with E-state index in [1.165, 1.54) is 5.56 Å². The molecule has 2 aromatic heterocycles. The number of hydrogen-bond donors (Lipinski definition) is 1. The highest BCUT2D eigenvalue weighted by Gasteiger charge is 2.07. The largest absolute Gasteiger partial charge is 0.424 e. The number of anilines is 2. The van der Waals surface area contributed by atoms with Crippen molar-refractivity contribution in [2.24, 2.45) is 0 Å². The molecular weight excluding hydrogens is 374 g/mol. The summed E-state index contributed by atoms with van der Waals surface area (Å²) in [5.41, 5.74) is 5.73. The number of hydrogen-bond acceptors (Lipinski definition) is 6. The van der Waals surface area contributed by atoms with Gasteiger partial charge in [-0.3, -0.25) is 0 Å². The van der Waals surface area contributed by atoms with Gasteiger partial charge in [-0.05, 0) is 45.9 Å². The van der Waals surface area contributed by atoms with Crippen LogP contribution < -0.4 is 10.1 Å². The highest BCUT2D eigenvalue weighted by Crippen LogP contribution is 2.26. The van der Waals surface area contributed by atoms with Gasteiger partial charge in [0.25, 0.3) is 0 Å². The molecule has 0 radical (unpaired) electrons. The predicted octanol–water partition coefficient (Wildman–Crippen LogP) is 5.70. The molecular formula is C24H23N5O. The van der Waals surface area contributed by atoms with Gasteiger partial charge in [-0.15, -0.1) is 0 Å². The van der Waals surface area contributed by atoms with Crippen molar-refractivity contribution in [2.45, 2.75) is 27.7 Å². The van der Waals surface area contributed by atoms with Gasteiger partial charge in [0, 0.05) is 34.8 Å². The summed E-state index contributed by atoms with van der Waals surface area (Å²) in [4.78, 5) is 17.8. The van der Waals surface area contributed by atoms with Crippen molar-refractivity contribution in [1.29, 1.82) is 0 Å². The molecule has 0 aliphatic heterocycles. The number of rotatable bonds is 5. The molecule has 0 saturated carbocycles. The second kappa shape index (κ2) is 8.29. The number of benzene rings is 2. The fourth-order valence-electron chi connectivity index (χ4n) is 3.13. The zero-order valence-electron chi connectivity index (χ0n) is 17.5. The molecule has 2 heterocycles. The lowest BCUT2D eigenvalue weighted by atomic mass is 10.1. The second-order valence-corrected chi connectivity index (χ2v) is 7.24. The zero-order valence-corrected chi connectivity index (χ0v) is 17.5. The monoisotopic (exact) mass is 397 g/mol. The van der Waals surface area contributed by atoms with Crippen molar-refractivity contribution in [1.82, 2.24) is 19.9 Å². The molecule has 2 aromatic carbocycles. The molecule has 0 aliphatic rings. The van der Waals surface area contributed by atoms with Gasteiger partial charge in [0.1, 0.15) is 17.4 Å². The van der Waals surface area contributed by atoms with E-state index < -0.39 is 0 Å². The Labute approximate surface area is 176 Å². The van der Waals surface area contributed by atoms with E-state index in [-0.39, 0.29) is 0 Å². The van der Waals surface area contributed by atoms with E-state index in [9.17, 15) is 0 Å². The Bertz CT molecular complexity index is 1170. The first-order valence-electron chi connectivity index (χ1n) is 9.74. The van der Waals surface area contributed by atoms with Crippen molar-refractivity contribution in [2.75, 3.05) is 5.32 Å². The first-order chi connectivity index (χ1) is 14.4. The minimum absolute atomic E-state index is 0.337. The number of nitrogens with zero attached hydrogens (tertiary/aromatic N) is 4. The van der Waals surface area contributed by atoms with E-state index in [4.69, 9.17) is 4.74 Å². The summed E-state index contributed by atoms with van der Waals surface area (Å²) in [6, 6.07) is 20.1. The van der Waals surface area contributed by atoms with Crippen LogP contribution >= 0.6 is 0 Å². The lowest BCUT2D eigenvalue weighted by Gasteiger charge is -2.11. The molecule has 0 bridgehead atoms. The first kappa shape index (κ1) is 19.5. The molecule has 4 rings (SSSR count). The summed E-state index contributed by atoms with van der Waals surface area (Å²) >= 11 is 0. The van der Waals surface area contributed by atoms with Crippen molar-refractivity contribution in [3.8, 4) is 23.0 Å². The third-order valence-corrected chi connectivity index (χ3v) is 4.46. The van der Waals surface area contributed by atoms with Gasteiger partial charge < -0.3 is 10.1 Å². The van der Waals surface area contributed by atoms with E-state index in [2.05, 4.69) is 56.4 Å². The van der Waals surface area contributed by atoms with Crippen molar-refractivity contribution in [3.63, 3.8) is 0 Å². The van der Waals surface area contributed by atoms with Crippen LogP contribution in [-0.2, 0) is 0 Å². The van der Waals surface area contributed by atoms with Gasteiger partial charge in [-0.25, -0.2) is 19.9 Å². The van der Waals surface area contributed by atoms with Gasteiger partial charge in [-0.1, -0.05) is 35.9 Å². The number of ether oxygens (including phenoxy) is 1. The zero-order chi connectivity index (χ0) is 21.1. The molecule has 0 amide bonds. The average molecular weight is 397 g/mol. The van der Waals surface area contributed by atoms with Crippen LogP contribution in [0.2, 0.25) is 0 Å². The molecule has 6 nitrogen and oxygen atoms in total. The van der Waals surface area contributed by atoms with Gasteiger partial charge in [0.05, 0.1) is 5.69 Å². The minimum atomic E-state index is 0.337. The van der Waals surface area contributed by atoms with Gasteiger partial charge in [0.15, 0.2) is 0 Å². The van der Waals surface area contributed by atoms with Gasteiger partial charge >= 0.3 is 6.01 Å². The maximum Gasteiger partial charge on any atom is 0.322 e. The Morgan fingerprint density at radius 3 is 2.20 bits per heavy atom. The summed E-state index contributed by atoms with van der Waals surface area (Å²) in [6.07, 6.45) is 0. The highest BCUT2D eigenvalue weighted by molar-refractivity contribution is 5.66. The quantitative estimate of drug-likeness (QED) is 0.465. The van der Waals surface area contributed by atoms with E-state index in [1.54, 1.807) is 0 Å². The molecule has 0 aliphatic carbocycles. The summed E-state index contributed by atoms with van der Waals surface area (Å²) in [7, 11) is 0. The van der Waals surface area contributed by atoms with Crippen LogP contribution in [0.1, 0.15) is 22.8 Å². The minimum Gasteiger partial charge on any atom is -0.424 e. The Morgan fingerprint density at radius 1 is 0.733 bits per heavy atom. The van der Waals surface area contributed by atoms with Crippen LogP contribution in [0.3, 0.4) is 0 Å². The van der Waals surface area contributed by atoms with Crippen LogP contribution in [0.4, 0.5) is 11.5 Å². The van der Waals surface area contributed by atoms with Crippen molar-refractivity contribution >= 4 is 11.5 Å². The van der Waals surface area contributed by atoms with Crippen molar-refractivity contribution in [3.05, 3.63) is 83.4 Å². The summed E-state index contributed by atoms with van der Waals surface area (Å²) < 4.78 is 5.85. The van der Waals surface area contributed by atoms with Gasteiger partial charge in [-0.2, -0.15) is 0 Å². The predicted molar refractivity (Wildman–Crippen MR) is 118 cm³/mol. The molecule has 1 N–H and O–H groups in total. The normalized spacial score (nSPS) is 10.7. The van der Waals surface area contributed by atoms with Crippen LogP contribution in [0.25, 0.3) is 11.3 Å². The Balaban J connectivity index is 1.57. The molecule has 0 atom stereocenters.